The number of hydrogen-bond donors (Lipinski definition) is 1. The van der Waals surface area contributed by atoms with Crippen molar-refractivity contribution in [1.82, 2.24) is 0 Å². The number of carbonyl (C=O) groups is 2. The molecule has 0 fully saturated rings. The highest BCUT2D eigenvalue weighted by molar-refractivity contribution is 5.80. The molecule has 1 aliphatic rings. The molecule has 2 rings (SSSR count). The van der Waals surface area contributed by atoms with Crippen LogP contribution in [0.4, 0.5) is 8.78 Å². The van der Waals surface area contributed by atoms with Gasteiger partial charge in [-0.15, -0.1) is 20.2 Å². The number of halogens is 2. The molecule has 1 N–H and O–H groups in total. The van der Waals surface area contributed by atoms with Crippen LogP contribution in [-0.2, 0) is 29.9 Å². The van der Waals surface area contributed by atoms with Gasteiger partial charge in [-0.3, -0.25) is 4.79 Å². The molecule has 0 spiro atoms. The third-order valence-corrected chi connectivity index (χ3v) is 6.37. The molecule has 0 bridgehead atoms. The Balaban J connectivity index is 2.36. The maximum absolute atomic E-state index is 15.1. The molecule has 1 aromatic rings. The highest BCUT2D eigenvalue weighted by Gasteiger charge is 2.44. The monoisotopic (exact) mass is 586 g/mol. The molecule has 0 unspecified atom stereocenters. The van der Waals surface area contributed by atoms with Crippen LogP contribution in [0.3, 0.4) is 0 Å². The van der Waals surface area contributed by atoms with Crippen molar-refractivity contribution in [3.05, 3.63) is 67.3 Å². The van der Waals surface area contributed by atoms with E-state index in [-0.39, 0.29) is 43.8 Å². The van der Waals surface area contributed by atoms with Gasteiger partial charge in [-0.25, -0.2) is 4.79 Å². The summed E-state index contributed by atoms with van der Waals surface area (Å²) in [6.45, 7) is 6.46. The first kappa shape index (κ1) is 32.9. The minimum atomic E-state index is -4.26. The van der Waals surface area contributed by atoms with Crippen LogP contribution < -0.4 is 4.74 Å². The minimum absolute atomic E-state index is 0.0124. The second kappa shape index (κ2) is 14.9. The molecule has 226 valence electrons. The van der Waals surface area contributed by atoms with Crippen LogP contribution in [0.15, 0.2) is 35.9 Å². The van der Waals surface area contributed by atoms with Gasteiger partial charge >= 0.3 is 17.9 Å². The van der Waals surface area contributed by atoms with Crippen molar-refractivity contribution in [2.45, 2.75) is 64.2 Å². The summed E-state index contributed by atoms with van der Waals surface area (Å²) in [6, 6.07) is 1.48. The highest BCUT2D eigenvalue weighted by atomic mass is 19.3. The van der Waals surface area contributed by atoms with E-state index in [9.17, 15) is 34.9 Å². The minimum Gasteiger partial charge on any atom is -0.507 e. The third-order valence-electron chi connectivity index (χ3n) is 6.37. The fourth-order valence-corrected chi connectivity index (χ4v) is 4.36. The van der Waals surface area contributed by atoms with Crippen LogP contribution in [0, 0.1) is 26.1 Å². The summed E-state index contributed by atoms with van der Waals surface area (Å²) in [5, 5.41) is 29.4. The lowest BCUT2D eigenvalue weighted by molar-refractivity contribution is -0.757. The average molecular weight is 587 g/mol. The quantitative estimate of drug-likeness (QED) is 0.0694. The van der Waals surface area contributed by atoms with Gasteiger partial charge in [0.05, 0.1) is 19.8 Å². The van der Waals surface area contributed by atoms with Crippen molar-refractivity contribution in [2.24, 2.45) is 5.92 Å². The van der Waals surface area contributed by atoms with E-state index in [1.54, 1.807) is 6.92 Å². The molecule has 0 saturated heterocycles. The first-order chi connectivity index (χ1) is 19.2. The number of phenolic OH excluding ortho intramolecular Hbond substituents is 1. The molecule has 0 radical (unpaired) electrons. The molecule has 1 aliphatic carbocycles. The number of rotatable bonds is 16. The number of aromatic hydroxyl groups is 1. The van der Waals surface area contributed by atoms with Crippen molar-refractivity contribution in [2.75, 3.05) is 19.8 Å². The van der Waals surface area contributed by atoms with Crippen molar-refractivity contribution < 1.29 is 52.8 Å². The van der Waals surface area contributed by atoms with Crippen molar-refractivity contribution in [3.63, 3.8) is 0 Å². The van der Waals surface area contributed by atoms with Gasteiger partial charge in [0.25, 0.3) is 10.2 Å². The summed E-state index contributed by atoms with van der Waals surface area (Å²) < 4.78 is 40.3. The summed E-state index contributed by atoms with van der Waals surface area (Å²) in [6.07, 6.45) is 2.83. The molecule has 0 aliphatic heterocycles. The van der Waals surface area contributed by atoms with Crippen molar-refractivity contribution >= 4 is 11.9 Å². The lowest BCUT2D eigenvalue weighted by Crippen LogP contribution is -2.29. The Bertz CT molecular complexity index is 1190. The number of esters is 2. The van der Waals surface area contributed by atoms with Crippen molar-refractivity contribution in [3.8, 4) is 11.5 Å². The van der Waals surface area contributed by atoms with Crippen LogP contribution in [0.5, 0.6) is 11.5 Å². The van der Waals surface area contributed by atoms with Gasteiger partial charge in [-0.2, -0.15) is 8.78 Å². The van der Waals surface area contributed by atoms with Gasteiger partial charge in [-0.05, 0) is 64.0 Å². The Hall–Kier alpha value is -4.30. The second-order valence-corrected chi connectivity index (χ2v) is 9.55. The van der Waals surface area contributed by atoms with Gasteiger partial charge in [-0.1, -0.05) is 23.8 Å². The fourth-order valence-electron chi connectivity index (χ4n) is 4.36. The molecule has 1 aromatic carbocycles. The van der Waals surface area contributed by atoms with Gasteiger partial charge in [0.15, 0.2) is 0 Å². The number of phenols is 1. The Kier molecular flexibility index (Phi) is 12.0. The van der Waals surface area contributed by atoms with Gasteiger partial charge in [0, 0.05) is 23.5 Å². The first-order valence-corrected chi connectivity index (χ1v) is 12.7. The average Bonchev–Trinajstić information content (AvgIpc) is 2.87. The Morgan fingerprint density at radius 3 is 2.32 bits per heavy atom. The number of hydrogen-bond acceptors (Lipinski definition) is 11. The predicted molar refractivity (Wildman–Crippen MR) is 137 cm³/mol. The van der Waals surface area contributed by atoms with Gasteiger partial charge < -0.3 is 24.3 Å². The molecule has 13 nitrogen and oxygen atoms in total. The Morgan fingerprint density at radius 1 is 1.10 bits per heavy atom. The zero-order valence-corrected chi connectivity index (χ0v) is 22.6. The first-order valence-electron chi connectivity index (χ1n) is 12.7. The normalized spacial score (nSPS) is 16.7. The number of benzene rings is 1. The van der Waals surface area contributed by atoms with E-state index < -0.39 is 64.2 Å². The van der Waals surface area contributed by atoms with Gasteiger partial charge in [0.1, 0.15) is 11.5 Å². The molecule has 2 atom stereocenters. The highest BCUT2D eigenvalue weighted by Crippen LogP contribution is 2.48. The number of ether oxygens (including phenoxy) is 2. The lowest BCUT2D eigenvalue weighted by atomic mass is 9.73. The summed E-state index contributed by atoms with van der Waals surface area (Å²) in [5.41, 5.74) is 0.769. The van der Waals surface area contributed by atoms with E-state index in [4.69, 9.17) is 4.74 Å². The summed E-state index contributed by atoms with van der Waals surface area (Å²) in [5.74, 6) is -8.99. The molecule has 15 heteroatoms. The van der Waals surface area contributed by atoms with Crippen LogP contribution in [0.1, 0.15) is 69.4 Å². The number of carbonyl (C=O) groups excluding carboxylic acids is 2. The van der Waals surface area contributed by atoms with E-state index >= 15 is 8.78 Å². The summed E-state index contributed by atoms with van der Waals surface area (Å²) in [4.78, 5) is 53.5. The molecule has 41 heavy (non-hydrogen) atoms. The van der Waals surface area contributed by atoms with Crippen molar-refractivity contribution in [1.29, 1.82) is 0 Å². The smallest absolute Gasteiger partial charge is 0.381 e. The number of nitrogens with zero attached hydrogens (tertiary/aromatic N) is 2. The van der Waals surface area contributed by atoms with E-state index in [1.165, 1.54) is 0 Å². The summed E-state index contributed by atoms with van der Waals surface area (Å²) >= 11 is 0. The predicted octanol–water partition coefficient (Wildman–Crippen LogP) is 4.93. The Morgan fingerprint density at radius 2 is 1.71 bits per heavy atom. The molecular formula is C26H32F2N2O11. The molecule has 0 aromatic heterocycles. The Labute approximate surface area is 233 Å². The SMILES string of the molecule is C=C(C)[C@@H]1CCC(C)=C[C@H]1c1c(O)cc(C(F)(F)C(=O)OCCCCO[N+](=O)[O-])cc1OC(=O)CCCO[N+](=O)[O-]. The number of alkyl halides is 2. The second-order valence-electron chi connectivity index (χ2n) is 9.55. The number of allylic oxidation sites excluding steroid dienone is 3. The fraction of sp³-hybridized carbons (Fsp3) is 0.538. The maximum atomic E-state index is 15.1. The number of unbranched alkanes of at least 4 members (excludes halogenated alkanes) is 1. The van der Waals surface area contributed by atoms with E-state index in [2.05, 4.69) is 21.0 Å². The molecule has 0 amide bonds. The lowest BCUT2D eigenvalue weighted by Gasteiger charge is -2.32. The van der Waals surface area contributed by atoms with E-state index in [0.29, 0.717) is 12.5 Å². The third kappa shape index (κ3) is 9.69. The van der Waals surface area contributed by atoms with Crippen LogP contribution >= 0.6 is 0 Å². The van der Waals surface area contributed by atoms with Crippen LogP contribution in [0.2, 0.25) is 0 Å². The zero-order chi connectivity index (χ0) is 30.7. The largest absolute Gasteiger partial charge is 0.507 e. The zero-order valence-electron chi connectivity index (χ0n) is 22.6. The van der Waals surface area contributed by atoms with E-state index in [0.717, 1.165) is 23.6 Å². The molecule has 0 heterocycles. The van der Waals surface area contributed by atoms with E-state index in [1.807, 2.05) is 13.0 Å². The molecular weight excluding hydrogens is 554 g/mol. The van der Waals surface area contributed by atoms with Crippen LogP contribution in [-0.4, -0.2) is 47.0 Å². The molecule has 0 saturated carbocycles. The van der Waals surface area contributed by atoms with Crippen LogP contribution in [0.25, 0.3) is 0 Å². The standard InChI is InChI=1S/C26H32F2N2O11/c1-16(2)19-9-8-17(3)13-20(19)24-21(31)14-18(15-22(24)41-23(32)7-6-12-40-30(36)37)26(27,28)25(33)38-10-4-5-11-39-29(34)35/h13-15,19-20,31H,1,4-12H2,2-3H3/t19-,20+/m0/s1. The summed E-state index contributed by atoms with van der Waals surface area (Å²) in [7, 11) is 0. The maximum Gasteiger partial charge on any atom is 0.381 e. The topological polar surface area (TPSA) is 178 Å². The van der Waals surface area contributed by atoms with Gasteiger partial charge in [0.2, 0.25) is 0 Å².